The molecule has 23 heavy (non-hydrogen) atoms. The van der Waals surface area contributed by atoms with Crippen molar-refractivity contribution < 1.29 is 14.3 Å². The van der Waals surface area contributed by atoms with Gasteiger partial charge in [-0.25, -0.2) is 4.79 Å². The van der Waals surface area contributed by atoms with Gasteiger partial charge in [-0.1, -0.05) is 35.9 Å². The van der Waals surface area contributed by atoms with E-state index < -0.39 is 5.97 Å². The van der Waals surface area contributed by atoms with E-state index in [1.54, 1.807) is 49.5 Å². The van der Waals surface area contributed by atoms with E-state index in [1.807, 2.05) is 6.07 Å². The molecule has 6 heteroatoms. The van der Waals surface area contributed by atoms with Gasteiger partial charge in [-0.15, -0.1) is 0 Å². The van der Waals surface area contributed by atoms with Crippen molar-refractivity contribution in [1.82, 2.24) is 5.32 Å². The van der Waals surface area contributed by atoms with E-state index in [9.17, 15) is 9.59 Å². The topological polar surface area (TPSA) is 67.4 Å². The highest BCUT2D eigenvalue weighted by Gasteiger charge is 2.13. The summed E-state index contributed by atoms with van der Waals surface area (Å²) in [6, 6.07) is 14.1. The third kappa shape index (κ3) is 5.00. The summed E-state index contributed by atoms with van der Waals surface area (Å²) in [4.78, 5) is 23.7. The van der Waals surface area contributed by atoms with E-state index in [0.29, 0.717) is 22.8 Å². The smallest absolute Gasteiger partial charge is 0.340 e. The van der Waals surface area contributed by atoms with Crippen molar-refractivity contribution in [3.05, 3.63) is 64.7 Å². The number of hydrogen-bond donors (Lipinski definition) is 2. The molecule has 0 fully saturated rings. The largest absolute Gasteiger partial charge is 0.452 e. The highest BCUT2D eigenvalue weighted by molar-refractivity contribution is 6.30. The minimum absolute atomic E-state index is 0.323. The molecule has 0 aliphatic carbocycles. The molecule has 0 bridgehead atoms. The van der Waals surface area contributed by atoms with Crippen LogP contribution in [0.2, 0.25) is 5.02 Å². The number of hydrogen-bond acceptors (Lipinski definition) is 4. The van der Waals surface area contributed by atoms with Crippen LogP contribution in [0.5, 0.6) is 0 Å². The van der Waals surface area contributed by atoms with Crippen molar-refractivity contribution in [3.8, 4) is 0 Å². The van der Waals surface area contributed by atoms with Crippen LogP contribution in [0.15, 0.2) is 48.5 Å². The fourth-order valence-electron chi connectivity index (χ4n) is 1.99. The van der Waals surface area contributed by atoms with Crippen LogP contribution in [0.25, 0.3) is 0 Å². The Labute approximate surface area is 139 Å². The average molecular weight is 333 g/mol. The molecule has 1 amide bonds. The molecule has 0 aliphatic rings. The van der Waals surface area contributed by atoms with Crippen LogP contribution in [0, 0.1) is 0 Å². The second-order valence-electron chi connectivity index (χ2n) is 4.78. The highest BCUT2D eigenvalue weighted by Crippen LogP contribution is 2.15. The van der Waals surface area contributed by atoms with Crippen LogP contribution in [-0.2, 0) is 16.1 Å². The highest BCUT2D eigenvalue weighted by atomic mass is 35.5. The number of ether oxygens (including phenoxy) is 1. The van der Waals surface area contributed by atoms with E-state index >= 15 is 0 Å². The number of nitrogens with one attached hydrogen (secondary N) is 2. The molecule has 0 heterocycles. The fourth-order valence-corrected chi connectivity index (χ4v) is 2.20. The maximum absolute atomic E-state index is 12.0. The quantitative estimate of drug-likeness (QED) is 0.798. The summed E-state index contributed by atoms with van der Waals surface area (Å²) in [6.07, 6.45) is 0. The van der Waals surface area contributed by atoms with E-state index in [2.05, 4.69) is 10.6 Å². The van der Waals surface area contributed by atoms with Crippen LogP contribution < -0.4 is 10.6 Å². The molecule has 120 valence electrons. The molecule has 5 nitrogen and oxygen atoms in total. The summed E-state index contributed by atoms with van der Waals surface area (Å²) < 4.78 is 5.03. The summed E-state index contributed by atoms with van der Waals surface area (Å²) in [5, 5.41) is 6.18. The first-order valence-electron chi connectivity index (χ1n) is 7.05. The van der Waals surface area contributed by atoms with Crippen LogP contribution in [0.1, 0.15) is 15.9 Å². The van der Waals surface area contributed by atoms with Gasteiger partial charge in [-0.3, -0.25) is 4.79 Å². The van der Waals surface area contributed by atoms with Gasteiger partial charge in [0.1, 0.15) is 0 Å². The Bertz CT molecular complexity index is 704. The Morgan fingerprint density at radius 1 is 1.13 bits per heavy atom. The normalized spacial score (nSPS) is 10.0. The summed E-state index contributed by atoms with van der Waals surface area (Å²) in [7, 11) is 1.71. The molecule has 2 aromatic carbocycles. The predicted octanol–water partition coefficient (Wildman–Crippen LogP) is 2.85. The summed E-state index contributed by atoms with van der Waals surface area (Å²) in [6.45, 7) is -0.0124. The molecule has 0 aromatic heterocycles. The van der Waals surface area contributed by atoms with Gasteiger partial charge < -0.3 is 15.4 Å². The average Bonchev–Trinajstić information content (AvgIpc) is 2.57. The third-order valence-corrected chi connectivity index (χ3v) is 3.36. The molecule has 0 unspecified atom stereocenters. The zero-order valence-electron chi connectivity index (χ0n) is 12.6. The molecule has 2 N–H and O–H groups in total. The van der Waals surface area contributed by atoms with Crippen molar-refractivity contribution in [3.63, 3.8) is 0 Å². The van der Waals surface area contributed by atoms with Crippen molar-refractivity contribution in [2.45, 2.75) is 6.54 Å². The maximum atomic E-state index is 12.0. The lowest BCUT2D eigenvalue weighted by molar-refractivity contribution is -0.124. The van der Waals surface area contributed by atoms with Gasteiger partial charge in [0.05, 0.1) is 5.56 Å². The number of amides is 1. The van der Waals surface area contributed by atoms with E-state index in [-0.39, 0.29) is 12.5 Å². The van der Waals surface area contributed by atoms with Crippen LogP contribution >= 0.6 is 11.6 Å². The predicted molar refractivity (Wildman–Crippen MR) is 89.6 cm³/mol. The second kappa shape index (κ2) is 8.19. The molecule has 0 atom stereocenters. The molecule has 2 aromatic rings. The Kier molecular flexibility index (Phi) is 6.00. The van der Waals surface area contributed by atoms with Crippen LogP contribution in [0.4, 0.5) is 5.69 Å². The number of esters is 1. The molecule has 0 saturated heterocycles. The minimum Gasteiger partial charge on any atom is -0.452 e. The third-order valence-electron chi connectivity index (χ3n) is 3.13. The van der Waals surface area contributed by atoms with Gasteiger partial charge >= 0.3 is 5.97 Å². The second-order valence-corrected chi connectivity index (χ2v) is 5.21. The van der Waals surface area contributed by atoms with Crippen molar-refractivity contribution >= 4 is 29.2 Å². The Morgan fingerprint density at radius 2 is 1.91 bits per heavy atom. The van der Waals surface area contributed by atoms with Gasteiger partial charge in [-0.2, -0.15) is 0 Å². The first-order chi connectivity index (χ1) is 11.1. The Morgan fingerprint density at radius 3 is 2.65 bits per heavy atom. The number of rotatable bonds is 6. The Hall–Kier alpha value is -2.53. The van der Waals surface area contributed by atoms with E-state index in [1.165, 1.54) is 0 Å². The minimum atomic E-state index is -0.548. The molecule has 2 rings (SSSR count). The van der Waals surface area contributed by atoms with Crippen molar-refractivity contribution in [1.29, 1.82) is 0 Å². The molecular weight excluding hydrogens is 316 g/mol. The molecule has 0 saturated carbocycles. The zero-order chi connectivity index (χ0) is 16.7. The first-order valence-corrected chi connectivity index (χ1v) is 7.43. The van der Waals surface area contributed by atoms with E-state index in [0.717, 1.165) is 5.56 Å². The summed E-state index contributed by atoms with van der Waals surface area (Å²) in [5.74, 6) is -0.923. The fraction of sp³-hybridized carbons (Fsp3) is 0.176. The van der Waals surface area contributed by atoms with Crippen LogP contribution in [0.3, 0.4) is 0 Å². The van der Waals surface area contributed by atoms with E-state index in [4.69, 9.17) is 16.3 Å². The SMILES string of the molecule is CNc1ccccc1C(=O)OCC(=O)NCc1cccc(Cl)c1. The molecule has 0 spiro atoms. The number of carbonyl (C=O) groups is 2. The number of para-hydroxylation sites is 1. The van der Waals surface area contributed by atoms with Gasteiger partial charge in [0.15, 0.2) is 6.61 Å². The summed E-state index contributed by atoms with van der Waals surface area (Å²) in [5.41, 5.74) is 1.91. The number of anilines is 1. The summed E-state index contributed by atoms with van der Waals surface area (Å²) >= 11 is 5.87. The molecular formula is C17H17ClN2O3. The molecule has 0 aliphatic heterocycles. The monoisotopic (exact) mass is 332 g/mol. The molecule has 0 radical (unpaired) electrons. The first kappa shape index (κ1) is 16.8. The zero-order valence-corrected chi connectivity index (χ0v) is 13.4. The number of benzene rings is 2. The van der Waals surface area contributed by atoms with Gasteiger partial charge in [0, 0.05) is 24.3 Å². The van der Waals surface area contributed by atoms with Gasteiger partial charge in [0.2, 0.25) is 0 Å². The standard InChI is InChI=1S/C17H17ClN2O3/c1-19-15-8-3-2-7-14(15)17(22)23-11-16(21)20-10-12-5-4-6-13(18)9-12/h2-9,19H,10-11H2,1H3,(H,20,21). The Balaban J connectivity index is 1.83. The van der Waals surface area contributed by atoms with Gasteiger partial charge in [-0.05, 0) is 29.8 Å². The lowest BCUT2D eigenvalue weighted by Gasteiger charge is -2.09. The lowest BCUT2D eigenvalue weighted by atomic mass is 10.2. The number of halogens is 1. The van der Waals surface area contributed by atoms with Crippen LogP contribution in [-0.4, -0.2) is 25.5 Å². The number of carbonyl (C=O) groups excluding carboxylic acids is 2. The maximum Gasteiger partial charge on any atom is 0.340 e. The van der Waals surface area contributed by atoms with Gasteiger partial charge in [0.25, 0.3) is 5.91 Å². The lowest BCUT2D eigenvalue weighted by Crippen LogP contribution is -2.28. The van der Waals surface area contributed by atoms with Crippen molar-refractivity contribution in [2.24, 2.45) is 0 Å². The van der Waals surface area contributed by atoms with Crippen molar-refractivity contribution in [2.75, 3.05) is 19.0 Å².